The summed E-state index contributed by atoms with van der Waals surface area (Å²) in [6, 6.07) is 12.2. The van der Waals surface area contributed by atoms with Gasteiger partial charge in [0.15, 0.2) is 6.00 Å². The van der Waals surface area contributed by atoms with Crippen molar-refractivity contribution in [1.29, 1.82) is 0 Å². The van der Waals surface area contributed by atoms with Gasteiger partial charge in [-0.05, 0) is 5.56 Å². The number of alkyl halides is 1. The van der Waals surface area contributed by atoms with Crippen LogP contribution in [-0.4, -0.2) is 48.1 Å². The minimum Gasteiger partial charge on any atom is -0.307 e. The minimum atomic E-state index is 0.586. The molecule has 3 heteroatoms. The van der Waals surface area contributed by atoms with E-state index < -0.39 is 0 Å². The number of nitrogens with zero attached hydrogens (tertiary/aromatic N) is 2. The fourth-order valence-corrected chi connectivity index (χ4v) is 3.38. The second-order valence-electron chi connectivity index (χ2n) is 5.05. The number of benzene rings is 1. The van der Waals surface area contributed by atoms with Crippen LogP contribution in [0.3, 0.4) is 0 Å². The Morgan fingerprint density at radius 1 is 1.19 bits per heavy atom. The van der Waals surface area contributed by atoms with Crippen molar-refractivity contribution in [1.82, 2.24) is 4.90 Å². The Labute approximate surface area is 102 Å². The van der Waals surface area contributed by atoms with Crippen LogP contribution in [0.4, 0.5) is 0 Å². The first kappa shape index (κ1) is 10.6. The molecule has 0 unspecified atom stereocenters. The topological polar surface area (TPSA) is 3.24 Å². The van der Waals surface area contributed by atoms with Crippen LogP contribution in [0.2, 0.25) is 0 Å². The predicted molar refractivity (Wildman–Crippen MR) is 66.3 cm³/mol. The Morgan fingerprint density at radius 2 is 1.88 bits per heavy atom. The molecule has 0 spiro atoms. The fraction of sp³-hybridized carbons (Fsp3) is 0.538. The van der Waals surface area contributed by atoms with Crippen molar-refractivity contribution in [3.63, 3.8) is 0 Å². The van der Waals surface area contributed by atoms with Crippen LogP contribution in [0.5, 0.6) is 0 Å². The maximum absolute atomic E-state index is 6.17. The summed E-state index contributed by atoms with van der Waals surface area (Å²) in [6.45, 7) is 6.05. The number of rotatable bonds is 2. The van der Waals surface area contributed by atoms with Crippen molar-refractivity contribution < 1.29 is 4.48 Å². The summed E-state index contributed by atoms with van der Waals surface area (Å²) < 4.78 is 1.11. The highest BCUT2D eigenvalue weighted by Gasteiger charge is 2.44. The number of piperazine rings is 3. The molecule has 0 amide bonds. The molecule has 0 aliphatic carbocycles. The molecule has 3 aliphatic rings. The summed E-state index contributed by atoms with van der Waals surface area (Å²) >= 11 is 6.17. The lowest BCUT2D eigenvalue weighted by molar-refractivity contribution is -0.935. The maximum Gasteiger partial charge on any atom is 0.155 e. The van der Waals surface area contributed by atoms with Crippen LogP contribution in [0.1, 0.15) is 11.6 Å². The smallest absolute Gasteiger partial charge is 0.155 e. The Hall–Kier alpha value is -0.570. The summed E-state index contributed by atoms with van der Waals surface area (Å²) in [5.74, 6) is 0. The molecule has 1 aromatic carbocycles. The Bertz CT molecular complexity index is 357. The minimum absolute atomic E-state index is 0.586. The van der Waals surface area contributed by atoms with Crippen molar-refractivity contribution in [2.75, 3.05) is 38.7 Å². The van der Waals surface area contributed by atoms with Crippen LogP contribution >= 0.6 is 11.6 Å². The molecular formula is C13H18ClN2+. The highest BCUT2D eigenvalue weighted by molar-refractivity contribution is 6.17. The second kappa shape index (κ2) is 4.02. The molecule has 4 rings (SSSR count). The highest BCUT2D eigenvalue weighted by Crippen LogP contribution is 2.33. The predicted octanol–water partition coefficient (Wildman–Crippen LogP) is 2.07. The molecule has 16 heavy (non-hydrogen) atoms. The molecule has 0 saturated carbocycles. The average molecular weight is 238 g/mol. The molecule has 3 fully saturated rings. The van der Waals surface area contributed by atoms with Gasteiger partial charge in [0.2, 0.25) is 0 Å². The van der Waals surface area contributed by atoms with Crippen molar-refractivity contribution in [2.24, 2.45) is 0 Å². The molecule has 1 aromatic rings. The van der Waals surface area contributed by atoms with Gasteiger partial charge in [0.05, 0.1) is 25.7 Å². The normalized spacial score (nSPS) is 37.6. The van der Waals surface area contributed by atoms with E-state index in [2.05, 4.69) is 35.2 Å². The number of halogens is 1. The molecule has 86 valence electrons. The van der Waals surface area contributed by atoms with Crippen LogP contribution < -0.4 is 0 Å². The van der Waals surface area contributed by atoms with Crippen molar-refractivity contribution in [3.05, 3.63) is 35.9 Å². The van der Waals surface area contributed by atoms with E-state index >= 15 is 0 Å². The van der Waals surface area contributed by atoms with Gasteiger partial charge in [-0.25, -0.2) is 0 Å². The quantitative estimate of drug-likeness (QED) is 0.433. The first-order chi connectivity index (χ1) is 7.83. The molecule has 0 N–H and O–H groups in total. The van der Waals surface area contributed by atoms with E-state index in [9.17, 15) is 0 Å². The molecule has 0 radical (unpaired) electrons. The largest absolute Gasteiger partial charge is 0.307 e. The number of hydrogen-bond donors (Lipinski definition) is 0. The number of hydrogen-bond acceptors (Lipinski definition) is 1. The third-order valence-corrected chi connectivity index (χ3v) is 4.67. The van der Waals surface area contributed by atoms with E-state index in [0.29, 0.717) is 6.04 Å². The van der Waals surface area contributed by atoms with Gasteiger partial charge in [0, 0.05) is 13.1 Å². The lowest BCUT2D eigenvalue weighted by Crippen LogP contribution is -2.67. The van der Waals surface area contributed by atoms with Gasteiger partial charge in [-0.1, -0.05) is 41.9 Å². The van der Waals surface area contributed by atoms with Crippen LogP contribution in [0.25, 0.3) is 0 Å². The van der Waals surface area contributed by atoms with Crippen molar-refractivity contribution in [2.45, 2.75) is 6.04 Å². The van der Waals surface area contributed by atoms with E-state index in [1.54, 1.807) is 0 Å². The zero-order chi connectivity index (χ0) is 11.0. The van der Waals surface area contributed by atoms with Crippen molar-refractivity contribution in [3.8, 4) is 0 Å². The average Bonchev–Trinajstić information content (AvgIpc) is 2.41. The lowest BCUT2D eigenvalue weighted by atomic mass is 9.98. The second-order valence-corrected chi connectivity index (χ2v) is 5.29. The molecule has 3 heterocycles. The Balaban J connectivity index is 1.88. The van der Waals surface area contributed by atoms with E-state index in [1.165, 1.54) is 38.3 Å². The number of quaternary nitrogens is 1. The standard InChI is InChI=1S/C13H18ClN2/c14-11-16-8-6-15(7-9-16)13(10-16)12-4-2-1-3-5-12/h1-5,13H,6-11H2/q+1/t13-/m1/s1. The molecule has 0 aromatic heterocycles. The van der Waals surface area contributed by atoms with E-state index in [0.717, 1.165) is 10.5 Å². The number of fused-ring (bicyclic) bond motifs is 3. The van der Waals surface area contributed by atoms with E-state index in [1.807, 2.05) is 0 Å². The van der Waals surface area contributed by atoms with Crippen LogP contribution in [0.15, 0.2) is 30.3 Å². The summed E-state index contributed by atoms with van der Waals surface area (Å²) in [5.41, 5.74) is 1.45. The summed E-state index contributed by atoms with van der Waals surface area (Å²) in [6.07, 6.45) is 0. The maximum atomic E-state index is 6.17. The van der Waals surface area contributed by atoms with Gasteiger partial charge in [-0.3, -0.25) is 4.90 Å². The van der Waals surface area contributed by atoms with E-state index in [4.69, 9.17) is 11.6 Å². The Kier molecular flexibility index (Phi) is 2.66. The monoisotopic (exact) mass is 237 g/mol. The van der Waals surface area contributed by atoms with Gasteiger partial charge in [-0.2, -0.15) is 0 Å². The van der Waals surface area contributed by atoms with Gasteiger partial charge in [0.1, 0.15) is 0 Å². The van der Waals surface area contributed by atoms with Gasteiger partial charge >= 0.3 is 0 Å². The van der Waals surface area contributed by atoms with Crippen LogP contribution in [-0.2, 0) is 0 Å². The molecule has 1 atom stereocenters. The van der Waals surface area contributed by atoms with Gasteiger partial charge in [0.25, 0.3) is 0 Å². The lowest BCUT2D eigenvalue weighted by Gasteiger charge is -2.53. The first-order valence-electron chi connectivity index (χ1n) is 6.03. The van der Waals surface area contributed by atoms with Gasteiger partial charge in [-0.15, -0.1) is 0 Å². The Morgan fingerprint density at radius 3 is 2.50 bits per heavy atom. The summed E-state index contributed by atoms with van der Waals surface area (Å²) in [4.78, 5) is 2.61. The van der Waals surface area contributed by atoms with E-state index in [-0.39, 0.29) is 0 Å². The summed E-state index contributed by atoms with van der Waals surface area (Å²) in [7, 11) is 0. The molecule has 3 saturated heterocycles. The van der Waals surface area contributed by atoms with Gasteiger partial charge < -0.3 is 4.48 Å². The zero-order valence-electron chi connectivity index (χ0n) is 9.48. The molecule has 3 aliphatic heterocycles. The third-order valence-electron chi connectivity index (χ3n) is 4.16. The molecule has 2 nitrogen and oxygen atoms in total. The fourth-order valence-electron chi connectivity index (χ4n) is 3.04. The van der Waals surface area contributed by atoms with Crippen molar-refractivity contribution >= 4 is 11.6 Å². The molecular weight excluding hydrogens is 220 g/mol. The third kappa shape index (κ3) is 1.65. The molecule has 2 bridgehead atoms. The SMILES string of the molecule is ClC[N+]12CCN(CC1)[C@@H](c1ccccc1)C2. The summed E-state index contributed by atoms with van der Waals surface area (Å²) in [5, 5.41) is 0. The zero-order valence-corrected chi connectivity index (χ0v) is 10.2. The highest BCUT2D eigenvalue weighted by atomic mass is 35.5. The van der Waals surface area contributed by atoms with Crippen LogP contribution in [0, 0.1) is 0 Å². The first-order valence-corrected chi connectivity index (χ1v) is 6.56.